The first-order chi connectivity index (χ1) is 9.03. The van der Waals surface area contributed by atoms with E-state index in [4.69, 9.17) is 0 Å². The van der Waals surface area contributed by atoms with Crippen molar-refractivity contribution in [2.45, 2.75) is 67.9 Å². The molecule has 0 fully saturated rings. The van der Waals surface area contributed by atoms with Gasteiger partial charge in [-0.1, -0.05) is 55.4 Å². The lowest BCUT2D eigenvalue weighted by Crippen LogP contribution is -2.48. The molecule has 0 aromatic heterocycles. The molecule has 20 heavy (non-hydrogen) atoms. The number of carboxylic acids is 1. The van der Waals surface area contributed by atoms with Gasteiger partial charge in [0.15, 0.2) is 0 Å². The molecule has 0 saturated carbocycles. The van der Waals surface area contributed by atoms with Crippen LogP contribution in [0.15, 0.2) is 0 Å². The standard InChI is InChI=1S/C12H23NO3.2C2H6/c1-11(2,8-14)7-12(3,4)9(10(15)16)13(5)6;2*1-2/h8-9H,7H2,1-6H3,(H,15,16);2*1-2H3. The van der Waals surface area contributed by atoms with Crippen LogP contribution in [0.25, 0.3) is 0 Å². The largest absolute Gasteiger partial charge is 0.480 e. The van der Waals surface area contributed by atoms with Crippen LogP contribution in [0.2, 0.25) is 0 Å². The summed E-state index contributed by atoms with van der Waals surface area (Å²) in [6.45, 7) is 15.4. The van der Waals surface area contributed by atoms with Gasteiger partial charge in [-0.05, 0) is 25.9 Å². The fourth-order valence-electron chi connectivity index (χ4n) is 2.57. The first-order valence-electron chi connectivity index (χ1n) is 7.39. The van der Waals surface area contributed by atoms with E-state index in [1.807, 2.05) is 55.4 Å². The van der Waals surface area contributed by atoms with Crippen LogP contribution in [0.4, 0.5) is 0 Å². The summed E-state index contributed by atoms with van der Waals surface area (Å²) in [6.07, 6.45) is 1.43. The molecule has 0 aliphatic rings. The van der Waals surface area contributed by atoms with Gasteiger partial charge in [-0.15, -0.1) is 0 Å². The van der Waals surface area contributed by atoms with Crippen LogP contribution < -0.4 is 0 Å². The first kappa shape index (κ1) is 24.1. The lowest BCUT2D eigenvalue weighted by Gasteiger charge is -2.39. The molecule has 4 heteroatoms. The Balaban J connectivity index is -0.000000656. The zero-order valence-electron chi connectivity index (χ0n) is 15.1. The van der Waals surface area contributed by atoms with Crippen LogP contribution in [0.5, 0.6) is 0 Å². The molecule has 1 atom stereocenters. The number of carboxylic acid groups (broad SMARTS) is 1. The smallest absolute Gasteiger partial charge is 0.321 e. The molecule has 0 aromatic rings. The minimum atomic E-state index is -0.850. The van der Waals surface area contributed by atoms with Crippen LogP contribution in [-0.4, -0.2) is 42.4 Å². The Morgan fingerprint density at radius 2 is 1.45 bits per heavy atom. The third-order valence-electron chi connectivity index (χ3n) is 2.72. The van der Waals surface area contributed by atoms with E-state index < -0.39 is 22.8 Å². The maximum atomic E-state index is 11.2. The van der Waals surface area contributed by atoms with Gasteiger partial charge >= 0.3 is 5.97 Å². The van der Waals surface area contributed by atoms with Gasteiger partial charge in [0.25, 0.3) is 0 Å². The van der Waals surface area contributed by atoms with E-state index in [0.717, 1.165) is 6.29 Å². The van der Waals surface area contributed by atoms with E-state index in [1.54, 1.807) is 19.0 Å². The van der Waals surface area contributed by atoms with Gasteiger partial charge in [0.1, 0.15) is 12.3 Å². The zero-order valence-corrected chi connectivity index (χ0v) is 15.1. The Hall–Kier alpha value is -0.900. The topological polar surface area (TPSA) is 57.6 Å². The summed E-state index contributed by atoms with van der Waals surface area (Å²) in [5.74, 6) is -0.850. The maximum Gasteiger partial charge on any atom is 0.321 e. The van der Waals surface area contributed by atoms with Crippen molar-refractivity contribution in [3.8, 4) is 0 Å². The Morgan fingerprint density at radius 1 is 1.10 bits per heavy atom. The molecule has 0 aromatic carbocycles. The van der Waals surface area contributed by atoms with E-state index in [2.05, 4.69) is 0 Å². The predicted octanol–water partition coefficient (Wildman–Crippen LogP) is 3.70. The van der Waals surface area contributed by atoms with Crippen LogP contribution in [0, 0.1) is 10.8 Å². The molecule has 0 heterocycles. The van der Waals surface area contributed by atoms with Crippen molar-refractivity contribution in [1.82, 2.24) is 4.90 Å². The van der Waals surface area contributed by atoms with Gasteiger partial charge in [0, 0.05) is 5.41 Å². The van der Waals surface area contributed by atoms with E-state index >= 15 is 0 Å². The molecule has 0 aliphatic carbocycles. The number of hydrogen-bond donors (Lipinski definition) is 1. The molecule has 0 bridgehead atoms. The molecule has 0 radical (unpaired) electrons. The molecule has 122 valence electrons. The zero-order chi connectivity index (χ0) is 17.1. The van der Waals surface area contributed by atoms with Crippen LogP contribution in [-0.2, 0) is 9.59 Å². The second-order valence-electron chi connectivity index (χ2n) is 5.98. The van der Waals surface area contributed by atoms with Gasteiger partial charge in [0.05, 0.1) is 0 Å². The Labute approximate surface area is 125 Å². The molecule has 1 N–H and O–H groups in total. The Kier molecular flexibility index (Phi) is 13.1. The summed E-state index contributed by atoms with van der Waals surface area (Å²) in [7, 11) is 3.49. The van der Waals surface area contributed by atoms with Crippen molar-refractivity contribution >= 4 is 12.3 Å². The molecular formula is C16H35NO3. The number of hydrogen-bond acceptors (Lipinski definition) is 3. The number of likely N-dealkylation sites (N-methyl/N-ethyl adjacent to an activating group) is 1. The Morgan fingerprint density at radius 3 is 1.65 bits per heavy atom. The number of aliphatic carboxylic acids is 1. The third-order valence-corrected chi connectivity index (χ3v) is 2.72. The van der Waals surface area contributed by atoms with E-state index in [1.165, 1.54) is 0 Å². The van der Waals surface area contributed by atoms with Gasteiger partial charge in [0.2, 0.25) is 0 Å². The van der Waals surface area contributed by atoms with Crippen molar-refractivity contribution in [2.75, 3.05) is 14.1 Å². The number of nitrogens with zero attached hydrogens (tertiary/aromatic N) is 1. The lowest BCUT2D eigenvalue weighted by molar-refractivity contribution is -0.148. The highest BCUT2D eigenvalue weighted by molar-refractivity contribution is 5.74. The quantitative estimate of drug-likeness (QED) is 0.758. The molecular weight excluding hydrogens is 254 g/mol. The molecule has 0 amide bonds. The second kappa shape index (κ2) is 10.8. The van der Waals surface area contributed by atoms with E-state index in [0.29, 0.717) is 6.42 Å². The number of aldehydes is 1. The predicted molar refractivity (Wildman–Crippen MR) is 86.0 cm³/mol. The average molecular weight is 289 g/mol. The minimum Gasteiger partial charge on any atom is -0.480 e. The summed E-state index contributed by atoms with van der Waals surface area (Å²) in [4.78, 5) is 23.8. The van der Waals surface area contributed by atoms with Crippen LogP contribution >= 0.6 is 0 Å². The summed E-state index contributed by atoms with van der Waals surface area (Å²) >= 11 is 0. The average Bonchev–Trinajstić information content (AvgIpc) is 2.31. The van der Waals surface area contributed by atoms with Gasteiger partial charge in [-0.25, -0.2) is 0 Å². The molecule has 4 nitrogen and oxygen atoms in total. The van der Waals surface area contributed by atoms with Crippen molar-refractivity contribution in [3.63, 3.8) is 0 Å². The summed E-state index contributed by atoms with van der Waals surface area (Å²) in [5.41, 5.74) is -0.951. The molecule has 1 unspecified atom stereocenters. The summed E-state index contributed by atoms with van der Waals surface area (Å²) in [6, 6.07) is -0.591. The minimum absolute atomic E-state index is 0.459. The third kappa shape index (κ3) is 9.08. The molecule has 0 rings (SSSR count). The van der Waals surface area contributed by atoms with Gasteiger partial charge in [-0.2, -0.15) is 0 Å². The highest BCUT2D eigenvalue weighted by atomic mass is 16.4. The van der Waals surface area contributed by atoms with Crippen LogP contribution in [0.1, 0.15) is 61.8 Å². The number of carbonyl (C=O) groups excluding carboxylic acids is 1. The number of carbonyl (C=O) groups is 2. The van der Waals surface area contributed by atoms with E-state index in [-0.39, 0.29) is 0 Å². The SMILES string of the molecule is CC.CC.CN(C)C(C(=O)O)C(C)(C)CC(C)(C)C=O. The molecule has 0 spiro atoms. The monoisotopic (exact) mass is 289 g/mol. The fraction of sp³-hybridized carbons (Fsp3) is 0.875. The molecule has 0 aliphatic heterocycles. The normalized spacial score (nSPS) is 12.6. The highest BCUT2D eigenvalue weighted by Crippen LogP contribution is 2.36. The summed E-state index contributed by atoms with van der Waals surface area (Å²) in [5, 5.41) is 9.22. The fourth-order valence-corrected chi connectivity index (χ4v) is 2.57. The van der Waals surface area contributed by atoms with Crippen molar-refractivity contribution in [3.05, 3.63) is 0 Å². The van der Waals surface area contributed by atoms with Crippen molar-refractivity contribution < 1.29 is 14.7 Å². The van der Waals surface area contributed by atoms with E-state index in [9.17, 15) is 14.7 Å². The lowest BCUT2D eigenvalue weighted by atomic mass is 9.71. The van der Waals surface area contributed by atoms with Gasteiger partial charge < -0.3 is 9.90 Å². The number of rotatable bonds is 6. The Bertz CT molecular complexity index is 271. The van der Waals surface area contributed by atoms with Crippen LogP contribution in [0.3, 0.4) is 0 Å². The van der Waals surface area contributed by atoms with Crippen molar-refractivity contribution in [1.29, 1.82) is 0 Å². The van der Waals surface area contributed by atoms with Gasteiger partial charge in [-0.3, -0.25) is 9.69 Å². The summed E-state index contributed by atoms with van der Waals surface area (Å²) < 4.78 is 0. The molecule has 0 saturated heterocycles. The van der Waals surface area contributed by atoms with Crippen molar-refractivity contribution in [2.24, 2.45) is 10.8 Å². The second-order valence-corrected chi connectivity index (χ2v) is 5.98. The highest BCUT2D eigenvalue weighted by Gasteiger charge is 2.40. The maximum absolute atomic E-state index is 11.2. The first-order valence-corrected chi connectivity index (χ1v) is 7.39.